The smallest absolute Gasteiger partial charge is 0.254 e. The van der Waals surface area contributed by atoms with Crippen LogP contribution in [-0.2, 0) is 4.74 Å². The number of pyridine rings is 1. The quantitative estimate of drug-likeness (QED) is 0.637. The molecule has 1 aromatic heterocycles. The van der Waals surface area contributed by atoms with Gasteiger partial charge in [0.1, 0.15) is 0 Å². The first-order valence-corrected chi connectivity index (χ1v) is 6.01. The van der Waals surface area contributed by atoms with Crippen LogP contribution in [0.4, 0.5) is 0 Å². The molecular formula is C13H17ClN2O2. The van der Waals surface area contributed by atoms with Gasteiger partial charge in [-0.3, -0.25) is 9.78 Å². The van der Waals surface area contributed by atoms with E-state index in [0.29, 0.717) is 30.3 Å². The second-order valence-corrected chi connectivity index (χ2v) is 4.48. The van der Waals surface area contributed by atoms with Gasteiger partial charge in [-0.25, -0.2) is 0 Å². The number of carbonyl (C=O) groups excluding carboxylic acids is 1. The monoisotopic (exact) mass is 268 g/mol. The summed E-state index contributed by atoms with van der Waals surface area (Å²) in [6, 6.07) is 1.66. The van der Waals surface area contributed by atoms with E-state index in [1.165, 1.54) is 6.20 Å². The molecule has 0 aromatic carbocycles. The van der Waals surface area contributed by atoms with Crippen molar-refractivity contribution in [2.75, 3.05) is 19.8 Å². The van der Waals surface area contributed by atoms with Crippen molar-refractivity contribution in [3.8, 4) is 0 Å². The summed E-state index contributed by atoms with van der Waals surface area (Å²) < 4.78 is 5.27. The lowest BCUT2D eigenvalue weighted by molar-refractivity contribution is 0.0926. The molecule has 98 valence electrons. The number of hydrogen-bond acceptors (Lipinski definition) is 3. The minimum Gasteiger partial charge on any atom is -0.375 e. The highest BCUT2D eigenvalue weighted by atomic mass is 35.5. The topological polar surface area (TPSA) is 51.2 Å². The third-order valence-electron chi connectivity index (χ3n) is 2.12. The van der Waals surface area contributed by atoms with Gasteiger partial charge in [0.05, 0.1) is 23.8 Å². The Bertz CT molecular complexity index is 447. The Balaban J connectivity index is 2.39. The maximum atomic E-state index is 11.8. The lowest BCUT2D eigenvalue weighted by Crippen LogP contribution is -2.27. The van der Waals surface area contributed by atoms with Crippen LogP contribution in [0.5, 0.6) is 0 Å². The van der Waals surface area contributed by atoms with Crippen LogP contribution in [0.1, 0.15) is 23.0 Å². The summed E-state index contributed by atoms with van der Waals surface area (Å²) in [6.07, 6.45) is 1.47. The normalized spacial score (nSPS) is 10.2. The lowest BCUT2D eigenvalue weighted by Gasteiger charge is -2.07. The molecule has 1 amide bonds. The molecule has 0 unspecified atom stereocenters. The van der Waals surface area contributed by atoms with Gasteiger partial charge in [-0.15, -0.1) is 0 Å². The Hall–Kier alpha value is -1.39. The summed E-state index contributed by atoms with van der Waals surface area (Å²) >= 11 is 5.96. The SMILES string of the molecule is C=C(C)COCCNC(=O)c1cnc(C)cc1Cl. The largest absolute Gasteiger partial charge is 0.375 e. The van der Waals surface area contributed by atoms with Gasteiger partial charge in [-0.1, -0.05) is 23.8 Å². The number of carbonyl (C=O) groups is 1. The Labute approximate surface area is 112 Å². The number of aromatic nitrogens is 1. The van der Waals surface area contributed by atoms with Crippen molar-refractivity contribution >= 4 is 17.5 Å². The van der Waals surface area contributed by atoms with Gasteiger partial charge in [0.25, 0.3) is 5.91 Å². The number of nitrogens with one attached hydrogen (secondary N) is 1. The minimum atomic E-state index is -0.244. The number of aryl methyl sites for hydroxylation is 1. The molecular weight excluding hydrogens is 252 g/mol. The van der Waals surface area contributed by atoms with E-state index in [4.69, 9.17) is 16.3 Å². The average molecular weight is 269 g/mol. The standard InChI is InChI=1S/C13H17ClN2O2/c1-9(2)8-18-5-4-15-13(17)11-7-16-10(3)6-12(11)14/h6-7H,1,4-5,8H2,2-3H3,(H,15,17). The van der Waals surface area contributed by atoms with E-state index in [9.17, 15) is 4.79 Å². The highest BCUT2D eigenvalue weighted by Gasteiger charge is 2.10. The van der Waals surface area contributed by atoms with Crippen molar-refractivity contribution in [1.82, 2.24) is 10.3 Å². The van der Waals surface area contributed by atoms with Crippen molar-refractivity contribution < 1.29 is 9.53 Å². The number of nitrogens with zero attached hydrogens (tertiary/aromatic N) is 1. The maximum Gasteiger partial charge on any atom is 0.254 e. The Kier molecular flexibility index (Phi) is 5.82. The van der Waals surface area contributed by atoms with E-state index in [-0.39, 0.29) is 5.91 Å². The number of ether oxygens (including phenoxy) is 1. The van der Waals surface area contributed by atoms with Gasteiger partial charge in [-0.05, 0) is 19.9 Å². The van der Waals surface area contributed by atoms with E-state index < -0.39 is 0 Å². The zero-order chi connectivity index (χ0) is 13.5. The molecule has 0 aliphatic rings. The van der Waals surface area contributed by atoms with Crippen LogP contribution < -0.4 is 5.32 Å². The minimum absolute atomic E-state index is 0.244. The summed E-state index contributed by atoms with van der Waals surface area (Å²) in [6.45, 7) is 8.79. The predicted molar refractivity (Wildman–Crippen MR) is 72.0 cm³/mol. The first-order chi connectivity index (χ1) is 8.50. The molecule has 1 heterocycles. The average Bonchev–Trinajstić information content (AvgIpc) is 2.27. The summed E-state index contributed by atoms with van der Waals surface area (Å²) in [5.74, 6) is -0.244. The first kappa shape index (κ1) is 14.7. The number of amides is 1. The van der Waals surface area contributed by atoms with Gasteiger partial charge in [0.2, 0.25) is 0 Å². The number of halogens is 1. The molecule has 0 saturated heterocycles. The lowest BCUT2D eigenvalue weighted by atomic mass is 10.2. The molecule has 0 radical (unpaired) electrons. The highest BCUT2D eigenvalue weighted by Crippen LogP contribution is 2.15. The summed E-state index contributed by atoms with van der Waals surface area (Å²) in [5.41, 5.74) is 2.11. The molecule has 0 bridgehead atoms. The van der Waals surface area contributed by atoms with Gasteiger partial charge in [0.15, 0.2) is 0 Å². The Morgan fingerprint density at radius 1 is 1.61 bits per heavy atom. The molecule has 0 aliphatic carbocycles. The van der Waals surface area contributed by atoms with Crippen LogP contribution >= 0.6 is 11.6 Å². The molecule has 4 nitrogen and oxygen atoms in total. The third-order valence-corrected chi connectivity index (χ3v) is 2.43. The molecule has 1 rings (SSSR count). The molecule has 5 heteroatoms. The van der Waals surface area contributed by atoms with E-state index in [1.807, 2.05) is 13.8 Å². The van der Waals surface area contributed by atoms with Gasteiger partial charge in [0, 0.05) is 18.4 Å². The molecule has 0 atom stereocenters. The molecule has 0 saturated carbocycles. The molecule has 0 aliphatic heterocycles. The van der Waals surface area contributed by atoms with E-state index >= 15 is 0 Å². The highest BCUT2D eigenvalue weighted by molar-refractivity contribution is 6.33. The fourth-order valence-corrected chi connectivity index (χ4v) is 1.56. The van der Waals surface area contributed by atoms with Crippen molar-refractivity contribution in [2.24, 2.45) is 0 Å². The van der Waals surface area contributed by atoms with Crippen LogP contribution in [0.15, 0.2) is 24.4 Å². The Morgan fingerprint density at radius 2 is 2.33 bits per heavy atom. The van der Waals surface area contributed by atoms with Crippen molar-refractivity contribution in [3.63, 3.8) is 0 Å². The second-order valence-electron chi connectivity index (χ2n) is 4.07. The Morgan fingerprint density at radius 3 is 2.94 bits per heavy atom. The number of hydrogen-bond donors (Lipinski definition) is 1. The molecule has 0 spiro atoms. The summed E-state index contributed by atoms with van der Waals surface area (Å²) in [4.78, 5) is 15.8. The van der Waals surface area contributed by atoms with E-state index in [2.05, 4.69) is 16.9 Å². The van der Waals surface area contributed by atoms with Gasteiger partial charge < -0.3 is 10.1 Å². The maximum absolute atomic E-state index is 11.8. The molecule has 0 fully saturated rings. The van der Waals surface area contributed by atoms with E-state index in [0.717, 1.165) is 11.3 Å². The zero-order valence-electron chi connectivity index (χ0n) is 10.6. The van der Waals surface area contributed by atoms with Crippen molar-refractivity contribution in [3.05, 3.63) is 40.7 Å². The predicted octanol–water partition coefficient (Wildman–Crippen LogP) is 2.37. The van der Waals surface area contributed by atoms with Crippen LogP contribution in [-0.4, -0.2) is 30.6 Å². The van der Waals surface area contributed by atoms with Crippen molar-refractivity contribution in [2.45, 2.75) is 13.8 Å². The molecule has 18 heavy (non-hydrogen) atoms. The van der Waals surface area contributed by atoms with Crippen LogP contribution in [0.2, 0.25) is 5.02 Å². The van der Waals surface area contributed by atoms with Crippen molar-refractivity contribution in [1.29, 1.82) is 0 Å². The summed E-state index contributed by atoms with van der Waals surface area (Å²) in [7, 11) is 0. The fraction of sp³-hybridized carbons (Fsp3) is 0.385. The second kappa shape index (κ2) is 7.13. The summed E-state index contributed by atoms with van der Waals surface area (Å²) in [5, 5.41) is 3.12. The van der Waals surface area contributed by atoms with Gasteiger partial charge in [-0.2, -0.15) is 0 Å². The number of rotatable bonds is 6. The first-order valence-electron chi connectivity index (χ1n) is 5.63. The fourth-order valence-electron chi connectivity index (χ4n) is 1.27. The molecule has 1 N–H and O–H groups in total. The molecule has 1 aromatic rings. The van der Waals surface area contributed by atoms with Crippen LogP contribution in [0.3, 0.4) is 0 Å². The third kappa shape index (κ3) is 4.85. The van der Waals surface area contributed by atoms with Gasteiger partial charge >= 0.3 is 0 Å². The van der Waals surface area contributed by atoms with Crippen LogP contribution in [0.25, 0.3) is 0 Å². The van der Waals surface area contributed by atoms with Crippen LogP contribution in [0, 0.1) is 6.92 Å². The van der Waals surface area contributed by atoms with E-state index in [1.54, 1.807) is 6.07 Å². The zero-order valence-corrected chi connectivity index (χ0v) is 11.4.